The number of ether oxygens (including phenoxy) is 2. The van der Waals surface area contributed by atoms with E-state index in [9.17, 15) is 4.79 Å². The number of methoxy groups -OCH3 is 2. The number of benzene rings is 2. The standard InChI is InChI=1S/C19H20N2O3/c1-13(22)21-18(16-6-4-5-7-19(16)24-3)12-17(20-21)14-8-10-15(23-2)11-9-14/h4-11,18H,12H2,1-3H3/t18-/m1/s1. The van der Waals surface area contributed by atoms with Gasteiger partial charge in [-0.25, -0.2) is 5.01 Å². The highest BCUT2D eigenvalue weighted by Crippen LogP contribution is 2.37. The highest BCUT2D eigenvalue weighted by molar-refractivity contribution is 6.03. The molecule has 1 amide bonds. The molecule has 0 spiro atoms. The molecular weight excluding hydrogens is 304 g/mol. The third-order valence-corrected chi connectivity index (χ3v) is 4.15. The molecule has 1 heterocycles. The molecule has 0 saturated heterocycles. The van der Waals surface area contributed by atoms with Gasteiger partial charge in [-0.2, -0.15) is 5.10 Å². The molecule has 2 aromatic rings. The second-order valence-corrected chi connectivity index (χ2v) is 5.60. The van der Waals surface area contributed by atoms with Crippen molar-refractivity contribution in [3.05, 3.63) is 59.7 Å². The topological polar surface area (TPSA) is 51.1 Å². The van der Waals surface area contributed by atoms with Crippen molar-refractivity contribution in [2.75, 3.05) is 14.2 Å². The summed E-state index contributed by atoms with van der Waals surface area (Å²) >= 11 is 0. The van der Waals surface area contributed by atoms with Crippen molar-refractivity contribution in [3.8, 4) is 11.5 Å². The maximum atomic E-state index is 12.1. The molecule has 2 aromatic carbocycles. The molecular formula is C19H20N2O3. The van der Waals surface area contributed by atoms with E-state index < -0.39 is 0 Å². The third-order valence-electron chi connectivity index (χ3n) is 4.15. The molecule has 0 saturated carbocycles. The van der Waals surface area contributed by atoms with Crippen LogP contribution in [-0.2, 0) is 4.79 Å². The van der Waals surface area contributed by atoms with Crippen molar-refractivity contribution in [1.82, 2.24) is 5.01 Å². The minimum Gasteiger partial charge on any atom is -0.497 e. The van der Waals surface area contributed by atoms with E-state index in [1.807, 2.05) is 48.5 Å². The van der Waals surface area contributed by atoms with Crippen LogP contribution in [0, 0.1) is 0 Å². The Balaban J connectivity index is 1.94. The maximum absolute atomic E-state index is 12.1. The first-order valence-electron chi connectivity index (χ1n) is 7.78. The zero-order valence-electron chi connectivity index (χ0n) is 14.0. The first kappa shape index (κ1) is 16.1. The summed E-state index contributed by atoms with van der Waals surface area (Å²) in [4.78, 5) is 12.1. The van der Waals surface area contributed by atoms with Crippen LogP contribution in [0.4, 0.5) is 0 Å². The zero-order valence-corrected chi connectivity index (χ0v) is 14.0. The highest BCUT2D eigenvalue weighted by atomic mass is 16.5. The monoisotopic (exact) mass is 324 g/mol. The van der Waals surface area contributed by atoms with Gasteiger partial charge in [0, 0.05) is 18.9 Å². The van der Waals surface area contributed by atoms with Crippen LogP contribution in [-0.4, -0.2) is 30.8 Å². The molecule has 3 rings (SSSR count). The number of amides is 1. The van der Waals surface area contributed by atoms with Crippen molar-refractivity contribution in [2.45, 2.75) is 19.4 Å². The minimum atomic E-state index is -0.157. The average Bonchev–Trinajstić information content (AvgIpc) is 3.07. The van der Waals surface area contributed by atoms with Gasteiger partial charge in [-0.05, 0) is 35.9 Å². The average molecular weight is 324 g/mol. The number of hydrogen-bond donors (Lipinski definition) is 0. The van der Waals surface area contributed by atoms with Gasteiger partial charge in [-0.15, -0.1) is 0 Å². The van der Waals surface area contributed by atoms with Crippen molar-refractivity contribution >= 4 is 11.6 Å². The number of nitrogens with zero attached hydrogens (tertiary/aromatic N) is 2. The Kier molecular flexibility index (Phi) is 4.51. The maximum Gasteiger partial charge on any atom is 0.240 e. The van der Waals surface area contributed by atoms with Gasteiger partial charge in [0.2, 0.25) is 5.91 Å². The normalized spacial score (nSPS) is 16.7. The lowest BCUT2D eigenvalue weighted by molar-refractivity contribution is -0.130. The van der Waals surface area contributed by atoms with E-state index in [0.717, 1.165) is 28.3 Å². The van der Waals surface area contributed by atoms with E-state index in [4.69, 9.17) is 9.47 Å². The Hall–Kier alpha value is -2.82. The van der Waals surface area contributed by atoms with E-state index in [-0.39, 0.29) is 11.9 Å². The molecule has 124 valence electrons. The second kappa shape index (κ2) is 6.74. The number of para-hydroxylation sites is 1. The highest BCUT2D eigenvalue weighted by Gasteiger charge is 2.33. The Bertz CT molecular complexity index is 768. The predicted octanol–water partition coefficient (Wildman–Crippen LogP) is 3.40. The molecule has 0 unspecified atom stereocenters. The van der Waals surface area contributed by atoms with Crippen LogP contribution in [0.5, 0.6) is 11.5 Å². The summed E-state index contributed by atoms with van der Waals surface area (Å²) in [7, 11) is 3.27. The van der Waals surface area contributed by atoms with Crippen molar-refractivity contribution < 1.29 is 14.3 Å². The number of hydrazone groups is 1. The van der Waals surface area contributed by atoms with Gasteiger partial charge in [0.15, 0.2) is 0 Å². The molecule has 24 heavy (non-hydrogen) atoms. The fourth-order valence-electron chi connectivity index (χ4n) is 2.94. The number of rotatable bonds is 4. The fraction of sp³-hybridized carbons (Fsp3) is 0.263. The van der Waals surface area contributed by atoms with Gasteiger partial charge in [0.05, 0.1) is 26.0 Å². The summed E-state index contributed by atoms with van der Waals surface area (Å²) in [5, 5.41) is 6.09. The van der Waals surface area contributed by atoms with E-state index in [1.165, 1.54) is 11.9 Å². The molecule has 5 nitrogen and oxygen atoms in total. The Morgan fingerprint density at radius 1 is 1.08 bits per heavy atom. The van der Waals surface area contributed by atoms with E-state index >= 15 is 0 Å². The van der Waals surface area contributed by atoms with Crippen LogP contribution >= 0.6 is 0 Å². The summed E-state index contributed by atoms with van der Waals surface area (Å²) in [5.41, 5.74) is 2.82. The van der Waals surface area contributed by atoms with E-state index in [0.29, 0.717) is 6.42 Å². The molecule has 0 radical (unpaired) electrons. The van der Waals surface area contributed by atoms with Crippen LogP contribution in [0.1, 0.15) is 30.5 Å². The van der Waals surface area contributed by atoms with Crippen LogP contribution in [0.15, 0.2) is 53.6 Å². The lowest BCUT2D eigenvalue weighted by Crippen LogP contribution is -2.24. The lowest BCUT2D eigenvalue weighted by atomic mass is 9.97. The summed E-state index contributed by atoms with van der Waals surface area (Å²) in [6, 6.07) is 15.3. The Labute approximate surface area is 141 Å². The van der Waals surface area contributed by atoms with Crippen molar-refractivity contribution in [3.63, 3.8) is 0 Å². The van der Waals surface area contributed by atoms with E-state index in [2.05, 4.69) is 5.10 Å². The Morgan fingerprint density at radius 3 is 2.42 bits per heavy atom. The molecule has 0 aromatic heterocycles. The molecule has 5 heteroatoms. The molecule has 0 aliphatic carbocycles. The van der Waals surface area contributed by atoms with Gasteiger partial charge >= 0.3 is 0 Å². The van der Waals surface area contributed by atoms with Crippen molar-refractivity contribution in [2.24, 2.45) is 5.10 Å². The molecule has 0 fully saturated rings. The van der Waals surface area contributed by atoms with Crippen LogP contribution in [0.3, 0.4) is 0 Å². The summed E-state index contributed by atoms with van der Waals surface area (Å²) in [5.74, 6) is 1.47. The number of carbonyl (C=O) groups excluding carboxylic acids is 1. The minimum absolute atomic E-state index is 0.0885. The fourth-order valence-corrected chi connectivity index (χ4v) is 2.94. The zero-order chi connectivity index (χ0) is 17.1. The second-order valence-electron chi connectivity index (χ2n) is 5.60. The SMILES string of the molecule is COc1ccc(C2=NN(C(C)=O)[C@@H](c3ccccc3OC)C2)cc1. The van der Waals surface area contributed by atoms with Gasteiger partial charge in [0.1, 0.15) is 11.5 Å². The van der Waals surface area contributed by atoms with Gasteiger partial charge in [-0.1, -0.05) is 18.2 Å². The largest absolute Gasteiger partial charge is 0.497 e. The smallest absolute Gasteiger partial charge is 0.240 e. The third kappa shape index (κ3) is 2.97. The molecule has 0 N–H and O–H groups in total. The van der Waals surface area contributed by atoms with E-state index in [1.54, 1.807) is 14.2 Å². The number of hydrogen-bond acceptors (Lipinski definition) is 4. The first-order chi connectivity index (χ1) is 11.6. The first-order valence-corrected chi connectivity index (χ1v) is 7.78. The molecule has 1 atom stereocenters. The van der Waals surface area contributed by atoms with Gasteiger partial charge in [-0.3, -0.25) is 4.79 Å². The summed E-state index contributed by atoms with van der Waals surface area (Å²) < 4.78 is 10.6. The molecule has 0 bridgehead atoms. The van der Waals surface area contributed by atoms with Crippen LogP contribution < -0.4 is 9.47 Å². The lowest BCUT2D eigenvalue weighted by Gasteiger charge is -2.22. The van der Waals surface area contributed by atoms with Gasteiger partial charge in [0.25, 0.3) is 0 Å². The summed E-state index contributed by atoms with van der Waals surface area (Å²) in [6.45, 7) is 1.53. The van der Waals surface area contributed by atoms with Crippen LogP contribution in [0.2, 0.25) is 0 Å². The van der Waals surface area contributed by atoms with Gasteiger partial charge < -0.3 is 9.47 Å². The quantitative estimate of drug-likeness (QED) is 0.866. The van der Waals surface area contributed by atoms with Crippen LogP contribution in [0.25, 0.3) is 0 Å². The molecule has 1 aliphatic heterocycles. The Morgan fingerprint density at radius 2 is 1.79 bits per heavy atom. The number of carbonyl (C=O) groups is 1. The predicted molar refractivity (Wildman–Crippen MR) is 92.4 cm³/mol. The summed E-state index contributed by atoms with van der Waals surface area (Å²) in [6.07, 6.45) is 0.645. The molecule has 1 aliphatic rings. The van der Waals surface area contributed by atoms with Crippen molar-refractivity contribution in [1.29, 1.82) is 0 Å².